The number of carbonyl (C=O) groups excluding carboxylic acids is 2. The van der Waals surface area contributed by atoms with Gasteiger partial charge in [-0.05, 0) is 47.6 Å². The van der Waals surface area contributed by atoms with Gasteiger partial charge in [0.1, 0.15) is 6.04 Å². The van der Waals surface area contributed by atoms with Crippen LogP contribution in [-0.2, 0) is 20.8 Å². The molecule has 1 aliphatic carbocycles. The number of aliphatic carboxylic acids is 2. The van der Waals surface area contributed by atoms with E-state index in [2.05, 4.69) is 10.6 Å². The van der Waals surface area contributed by atoms with Gasteiger partial charge in [-0.1, -0.05) is 55.2 Å². The maximum atomic E-state index is 12.5. The molecule has 0 heterocycles. The number of hydrogen-bond acceptors (Lipinski definition) is 4. The fraction of sp³-hybridized carbons (Fsp3) is 0.360. The molecule has 2 aromatic rings. The normalized spacial score (nSPS) is 19.2. The van der Waals surface area contributed by atoms with Gasteiger partial charge in [0.15, 0.2) is 0 Å². The number of amides is 2. The van der Waals surface area contributed by atoms with Gasteiger partial charge in [0.25, 0.3) is 5.91 Å². The minimum Gasteiger partial charge on any atom is -0.481 e. The Balaban J connectivity index is 1.58. The number of anilines is 1. The molecule has 3 unspecified atom stereocenters. The summed E-state index contributed by atoms with van der Waals surface area (Å²) in [5.41, 5.74) is 0.723. The van der Waals surface area contributed by atoms with Crippen LogP contribution in [0, 0.1) is 17.3 Å². The van der Waals surface area contributed by atoms with Crippen molar-refractivity contribution >= 4 is 52.6 Å². The highest BCUT2D eigenvalue weighted by Crippen LogP contribution is 2.52. The van der Waals surface area contributed by atoms with Crippen molar-refractivity contribution in [1.82, 2.24) is 5.32 Å². The maximum Gasteiger partial charge on any atom is 0.326 e. The van der Waals surface area contributed by atoms with Crippen LogP contribution in [-0.4, -0.2) is 40.0 Å². The number of carboxylic acids is 2. The number of halogens is 2. The van der Waals surface area contributed by atoms with Crippen molar-refractivity contribution in [3.8, 4) is 0 Å². The SMILES string of the molecule is CC1(C)C(CC(=O)NC(Cc2ccc(NC(=O)c3c(Cl)cccc3Cl)cc2)C(=O)O)CC1C(=O)O. The van der Waals surface area contributed by atoms with Gasteiger partial charge in [-0.15, -0.1) is 0 Å². The molecular formula is C25H26Cl2N2O6. The van der Waals surface area contributed by atoms with Crippen molar-refractivity contribution in [1.29, 1.82) is 0 Å². The summed E-state index contributed by atoms with van der Waals surface area (Å²) < 4.78 is 0. The van der Waals surface area contributed by atoms with Gasteiger partial charge in [-0.2, -0.15) is 0 Å². The third kappa shape index (κ3) is 6.13. The molecule has 1 saturated carbocycles. The number of hydrogen-bond donors (Lipinski definition) is 4. The standard InChI is InChI=1S/C25H26Cl2N2O6/c1-25(2)14(11-16(25)23(32)33)12-20(30)29-19(24(34)35)10-13-6-8-15(9-7-13)28-22(31)21-17(26)4-3-5-18(21)27/h3-9,14,16,19H,10-12H2,1-2H3,(H,28,31)(H,29,30)(H,32,33)(H,34,35). The van der Waals surface area contributed by atoms with Gasteiger partial charge < -0.3 is 20.8 Å². The average molecular weight is 521 g/mol. The summed E-state index contributed by atoms with van der Waals surface area (Å²) >= 11 is 12.1. The number of benzene rings is 2. The van der Waals surface area contributed by atoms with Crippen molar-refractivity contribution in [2.45, 2.75) is 39.2 Å². The predicted octanol–water partition coefficient (Wildman–Crippen LogP) is 4.49. The van der Waals surface area contributed by atoms with E-state index in [-0.39, 0.29) is 34.4 Å². The molecular weight excluding hydrogens is 495 g/mol. The fourth-order valence-electron chi connectivity index (χ4n) is 4.33. The number of carbonyl (C=O) groups is 4. The highest BCUT2D eigenvalue weighted by molar-refractivity contribution is 6.40. The lowest BCUT2D eigenvalue weighted by Gasteiger charge is -2.49. The Bertz CT molecular complexity index is 1130. The van der Waals surface area contributed by atoms with Crippen LogP contribution in [0.1, 0.15) is 42.6 Å². The molecule has 0 radical (unpaired) electrons. The smallest absolute Gasteiger partial charge is 0.326 e. The summed E-state index contributed by atoms with van der Waals surface area (Å²) in [6.45, 7) is 3.61. The highest BCUT2D eigenvalue weighted by Gasteiger charge is 2.52. The zero-order valence-corrected chi connectivity index (χ0v) is 20.7. The Morgan fingerprint density at radius 1 is 1.03 bits per heavy atom. The van der Waals surface area contributed by atoms with Crippen LogP contribution in [0.15, 0.2) is 42.5 Å². The molecule has 0 saturated heterocycles. The minimum atomic E-state index is -1.18. The summed E-state index contributed by atoms with van der Waals surface area (Å²) in [6, 6.07) is 10.1. The lowest BCUT2D eigenvalue weighted by Crippen LogP contribution is -2.51. The third-order valence-electron chi connectivity index (χ3n) is 6.68. The molecule has 0 spiro atoms. The molecule has 0 aliphatic heterocycles. The molecule has 0 bridgehead atoms. The molecule has 2 amide bonds. The van der Waals surface area contributed by atoms with E-state index in [0.717, 1.165) is 0 Å². The molecule has 4 N–H and O–H groups in total. The topological polar surface area (TPSA) is 133 Å². The average Bonchev–Trinajstić information content (AvgIpc) is 2.76. The maximum absolute atomic E-state index is 12.5. The van der Waals surface area contributed by atoms with Crippen molar-refractivity contribution in [2.75, 3.05) is 5.32 Å². The highest BCUT2D eigenvalue weighted by atomic mass is 35.5. The quantitative estimate of drug-likeness (QED) is 0.384. The van der Waals surface area contributed by atoms with E-state index in [1.165, 1.54) is 0 Å². The van der Waals surface area contributed by atoms with Gasteiger partial charge >= 0.3 is 11.9 Å². The van der Waals surface area contributed by atoms with Gasteiger partial charge in [0, 0.05) is 18.5 Å². The molecule has 1 aliphatic rings. The number of rotatable bonds is 9. The van der Waals surface area contributed by atoms with Crippen LogP contribution in [0.5, 0.6) is 0 Å². The molecule has 186 valence electrons. The first-order valence-electron chi connectivity index (χ1n) is 11.0. The van der Waals surface area contributed by atoms with E-state index >= 15 is 0 Å². The molecule has 1 fully saturated rings. The Morgan fingerprint density at radius 2 is 1.63 bits per heavy atom. The predicted molar refractivity (Wildman–Crippen MR) is 132 cm³/mol. The second kappa shape index (κ2) is 10.7. The first-order valence-corrected chi connectivity index (χ1v) is 11.7. The zero-order valence-electron chi connectivity index (χ0n) is 19.2. The van der Waals surface area contributed by atoms with Crippen LogP contribution in [0.4, 0.5) is 5.69 Å². The van der Waals surface area contributed by atoms with Crippen LogP contribution >= 0.6 is 23.2 Å². The molecule has 3 rings (SSSR count). The van der Waals surface area contributed by atoms with E-state index in [4.69, 9.17) is 23.2 Å². The minimum absolute atomic E-state index is 0.0391. The molecule has 8 nitrogen and oxygen atoms in total. The molecule has 0 aromatic heterocycles. The summed E-state index contributed by atoms with van der Waals surface area (Å²) in [4.78, 5) is 48.0. The van der Waals surface area contributed by atoms with E-state index in [1.807, 2.05) is 13.8 Å². The second-order valence-electron chi connectivity index (χ2n) is 9.26. The monoisotopic (exact) mass is 520 g/mol. The van der Waals surface area contributed by atoms with Crippen molar-refractivity contribution in [3.05, 3.63) is 63.6 Å². The van der Waals surface area contributed by atoms with Crippen molar-refractivity contribution < 1.29 is 29.4 Å². The summed E-state index contributed by atoms with van der Waals surface area (Å²) in [6.07, 6.45) is 0.494. The molecule has 10 heteroatoms. The summed E-state index contributed by atoms with van der Waals surface area (Å²) in [5.74, 6) is -3.62. The van der Waals surface area contributed by atoms with E-state index in [0.29, 0.717) is 17.7 Å². The van der Waals surface area contributed by atoms with Gasteiger partial charge in [-0.25, -0.2) is 4.79 Å². The third-order valence-corrected chi connectivity index (χ3v) is 7.31. The lowest BCUT2D eigenvalue weighted by atomic mass is 9.54. The van der Waals surface area contributed by atoms with E-state index < -0.39 is 41.1 Å². The van der Waals surface area contributed by atoms with E-state index in [1.54, 1.807) is 42.5 Å². The Kier molecular flexibility index (Phi) is 8.07. The number of carboxylic acid groups (broad SMARTS) is 2. The Hall–Kier alpha value is -3.10. The lowest BCUT2D eigenvalue weighted by molar-refractivity contribution is -0.160. The second-order valence-corrected chi connectivity index (χ2v) is 10.1. The number of nitrogens with one attached hydrogen (secondary N) is 2. The molecule has 2 aromatic carbocycles. The van der Waals surface area contributed by atoms with Gasteiger partial charge in [0.05, 0.1) is 21.5 Å². The zero-order chi connectivity index (χ0) is 25.9. The van der Waals surface area contributed by atoms with Gasteiger partial charge in [0.2, 0.25) is 5.91 Å². The van der Waals surface area contributed by atoms with Crippen LogP contribution in [0.3, 0.4) is 0 Å². The molecule has 35 heavy (non-hydrogen) atoms. The van der Waals surface area contributed by atoms with E-state index in [9.17, 15) is 29.4 Å². The first-order chi connectivity index (χ1) is 16.4. The largest absolute Gasteiger partial charge is 0.481 e. The summed E-state index contributed by atoms with van der Waals surface area (Å²) in [5, 5.41) is 24.5. The van der Waals surface area contributed by atoms with Crippen LogP contribution < -0.4 is 10.6 Å². The van der Waals surface area contributed by atoms with Crippen LogP contribution in [0.25, 0.3) is 0 Å². The van der Waals surface area contributed by atoms with Gasteiger partial charge in [-0.3, -0.25) is 14.4 Å². The van der Waals surface area contributed by atoms with Crippen molar-refractivity contribution in [2.24, 2.45) is 17.3 Å². The summed E-state index contributed by atoms with van der Waals surface area (Å²) in [7, 11) is 0. The fourth-order valence-corrected chi connectivity index (χ4v) is 4.90. The Labute approximate surface area is 212 Å². The van der Waals surface area contributed by atoms with Crippen molar-refractivity contribution in [3.63, 3.8) is 0 Å². The molecule has 3 atom stereocenters. The Morgan fingerprint density at radius 3 is 2.14 bits per heavy atom. The first kappa shape index (κ1) is 26.5. The van der Waals surface area contributed by atoms with Crippen LogP contribution in [0.2, 0.25) is 10.0 Å².